The Balaban J connectivity index is 1.37. The zero-order valence-electron chi connectivity index (χ0n) is 19.1. The third-order valence-electron chi connectivity index (χ3n) is 6.56. The van der Waals surface area contributed by atoms with Gasteiger partial charge in [-0.1, -0.05) is 37.5 Å². The van der Waals surface area contributed by atoms with Crippen molar-refractivity contribution in [2.24, 2.45) is 5.92 Å². The van der Waals surface area contributed by atoms with Crippen LogP contribution in [0.4, 0.5) is 16.2 Å². The number of benzene rings is 2. The van der Waals surface area contributed by atoms with Crippen molar-refractivity contribution in [3.05, 3.63) is 54.1 Å². The average Bonchev–Trinajstić information content (AvgIpc) is 3.02. The number of anilines is 2. The van der Waals surface area contributed by atoms with E-state index in [1.807, 2.05) is 13.8 Å². The highest BCUT2D eigenvalue weighted by Gasteiger charge is 2.55. The molecule has 2 atom stereocenters. The van der Waals surface area contributed by atoms with Gasteiger partial charge < -0.3 is 10.6 Å². The lowest BCUT2D eigenvalue weighted by Crippen LogP contribution is -2.54. The van der Waals surface area contributed by atoms with Crippen molar-refractivity contribution in [3.8, 4) is 0 Å². The average molecular weight is 485 g/mol. The fourth-order valence-corrected chi connectivity index (χ4v) is 5.59. The second-order valence-electron chi connectivity index (χ2n) is 8.98. The molecule has 180 valence electrons. The number of imide groups is 1. The van der Waals surface area contributed by atoms with Gasteiger partial charge >= 0.3 is 6.03 Å². The molecule has 2 aliphatic rings. The molecular formula is C24H28N4O5S. The van der Waals surface area contributed by atoms with Gasteiger partial charge in [0, 0.05) is 11.4 Å². The van der Waals surface area contributed by atoms with Gasteiger partial charge in [0.15, 0.2) is 0 Å². The molecular weight excluding hydrogens is 456 g/mol. The Bertz CT molecular complexity index is 1210. The lowest BCUT2D eigenvalue weighted by molar-refractivity contribution is -0.136. The first-order valence-electron chi connectivity index (χ1n) is 11.2. The zero-order chi connectivity index (χ0) is 24.5. The maximum Gasteiger partial charge on any atom is 0.325 e. The second kappa shape index (κ2) is 9.09. The Morgan fingerprint density at radius 1 is 1.06 bits per heavy atom. The normalized spacial score (nSPS) is 22.5. The molecule has 4 rings (SSSR count). The van der Waals surface area contributed by atoms with Gasteiger partial charge in [-0.25, -0.2) is 13.2 Å². The number of hydrogen-bond donors (Lipinski definition) is 3. The maximum absolute atomic E-state index is 13.0. The molecule has 34 heavy (non-hydrogen) atoms. The lowest BCUT2D eigenvalue weighted by atomic mass is 9.73. The van der Waals surface area contributed by atoms with Crippen molar-refractivity contribution < 1.29 is 22.8 Å². The number of rotatable bonds is 6. The van der Waals surface area contributed by atoms with E-state index >= 15 is 0 Å². The van der Waals surface area contributed by atoms with E-state index < -0.39 is 27.5 Å². The smallest absolute Gasteiger partial charge is 0.325 e. The number of carbonyl (C=O) groups is 3. The quantitative estimate of drug-likeness (QED) is 0.543. The number of aryl methyl sites for hydroxylation is 1. The van der Waals surface area contributed by atoms with Crippen molar-refractivity contribution in [2.75, 3.05) is 16.6 Å². The number of urea groups is 1. The number of nitrogens with one attached hydrogen (secondary N) is 3. The number of hydrogen-bond acceptors (Lipinski definition) is 5. The van der Waals surface area contributed by atoms with Crippen LogP contribution in [-0.4, -0.2) is 43.2 Å². The third kappa shape index (κ3) is 4.63. The van der Waals surface area contributed by atoms with Crippen LogP contribution in [0.2, 0.25) is 0 Å². The van der Waals surface area contributed by atoms with E-state index in [0.717, 1.165) is 29.7 Å². The van der Waals surface area contributed by atoms with Gasteiger partial charge in [-0.2, -0.15) is 0 Å². The van der Waals surface area contributed by atoms with Crippen LogP contribution in [0.1, 0.15) is 38.2 Å². The molecule has 0 bridgehead atoms. The van der Waals surface area contributed by atoms with Crippen molar-refractivity contribution in [3.63, 3.8) is 0 Å². The van der Waals surface area contributed by atoms with Crippen LogP contribution in [0.15, 0.2) is 53.4 Å². The summed E-state index contributed by atoms with van der Waals surface area (Å²) in [6.45, 7) is 3.44. The summed E-state index contributed by atoms with van der Waals surface area (Å²) >= 11 is 0. The SMILES string of the molecule is Cc1ccc(S(=O)(=O)Nc2ccc(NC(=O)CN3C(=O)N[C@]4(CCCC[C@@H]4C)C3=O)cc2)cc1. The molecule has 0 aromatic heterocycles. The number of amides is 4. The van der Waals surface area contributed by atoms with E-state index in [9.17, 15) is 22.8 Å². The summed E-state index contributed by atoms with van der Waals surface area (Å²) in [5, 5.41) is 5.48. The summed E-state index contributed by atoms with van der Waals surface area (Å²) in [4.78, 5) is 39.1. The minimum atomic E-state index is -3.74. The predicted molar refractivity (Wildman–Crippen MR) is 128 cm³/mol. The van der Waals surface area contributed by atoms with E-state index in [0.29, 0.717) is 17.8 Å². The molecule has 4 amide bonds. The molecule has 2 aromatic carbocycles. The second-order valence-corrected chi connectivity index (χ2v) is 10.7. The Morgan fingerprint density at radius 3 is 2.35 bits per heavy atom. The van der Waals surface area contributed by atoms with Gasteiger partial charge in [-0.3, -0.25) is 19.2 Å². The van der Waals surface area contributed by atoms with Crippen LogP contribution in [0.3, 0.4) is 0 Å². The van der Waals surface area contributed by atoms with Crippen molar-refractivity contribution in [1.29, 1.82) is 0 Å². The minimum Gasteiger partial charge on any atom is -0.325 e. The van der Waals surface area contributed by atoms with E-state index in [-0.39, 0.29) is 23.3 Å². The lowest BCUT2D eigenvalue weighted by Gasteiger charge is -2.36. The fraction of sp³-hybridized carbons (Fsp3) is 0.375. The number of carbonyl (C=O) groups excluding carboxylic acids is 3. The maximum atomic E-state index is 13.0. The van der Waals surface area contributed by atoms with Crippen molar-refractivity contribution in [1.82, 2.24) is 10.2 Å². The summed E-state index contributed by atoms with van der Waals surface area (Å²) in [5.74, 6) is -0.847. The summed E-state index contributed by atoms with van der Waals surface area (Å²) in [7, 11) is -3.74. The first kappa shape index (κ1) is 23.7. The summed E-state index contributed by atoms with van der Waals surface area (Å²) in [6, 6.07) is 12.1. The number of nitrogens with zero attached hydrogens (tertiary/aromatic N) is 1. The zero-order valence-corrected chi connectivity index (χ0v) is 19.9. The third-order valence-corrected chi connectivity index (χ3v) is 7.95. The highest BCUT2D eigenvalue weighted by Crippen LogP contribution is 2.38. The standard InChI is InChI=1S/C24H28N4O5S/c1-16-6-12-20(13-7-16)34(32,33)27-19-10-8-18(9-11-19)25-21(29)15-28-22(30)24(26-23(28)31)14-4-3-5-17(24)2/h6-13,17,27H,3-5,14-15H2,1-2H3,(H,25,29)(H,26,31)/t17-,24-/m0/s1. The van der Waals surface area contributed by atoms with Crippen LogP contribution < -0.4 is 15.4 Å². The molecule has 2 aromatic rings. The summed E-state index contributed by atoms with van der Waals surface area (Å²) in [5.41, 5.74) is 0.791. The molecule has 1 saturated carbocycles. The van der Waals surface area contributed by atoms with E-state index in [1.54, 1.807) is 24.3 Å². The highest BCUT2D eigenvalue weighted by molar-refractivity contribution is 7.92. The van der Waals surface area contributed by atoms with E-state index in [1.165, 1.54) is 24.3 Å². The molecule has 10 heteroatoms. The largest absolute Gasteiger partial charge is 0.325 e. The molecule has 1 aliphatic carbocycles. The van der Waals surface area contributed by atoms with Gasteiger partial charge in [-0.15, -0.1) is 0 Å². The van der Waals surface area contributed by atoms with Crippen LogP contribution in [0.5, 0.6) is 0 Å². The van der Waals surface area contributed by atoms with E-state index in [4.69, 9.17) is 0 Å². The molecule has 0 radical (unpaired) electrons. The van der Waals surface area contributed by atoms with Crippen molar-refractivity contribution >= 4 is 39.2 Å². The van der Waals surface area contributed by atoms with Crippen LogP contribution in [0.25, 0.3) is 0 Å². The topological polar surface area (TPSA) is 125 Å². The molecule has 3 N–H and O–H groups in total. The molecule has 9 nitrogen and oxygen atoms in total. The Morgan fingerprint density at radius 2 is 1.71 bits per heavy atom. The Kier molecular flexibility index (Phi) is 6.35. The molecule has 2 fully saturated rings. The summed E-state index contributed by atoms with van der Waals surface area (Å²) in [6.07, 6.45) is 3.31. The fourth-order valence-electron chi connectivity index (χ4n) is 4.54. The monoisotopic (exact) mass is 484 g/mol. The Labute approximate surface area is 199 Å². The van der Waals surface area contributed by atoms with Crippen LogP contribution >= 0.6 is 0 Å². The predicted octanol–water partition coefficient (Wildman–Crippen LogP) is 3.24. The van der Waals surface area contributed by atoms with Gasteiger partial charge in [0.05, 0.1) is 4.90 Å². The molecule has 1 heterocycles. The molecule has 1 aliphatic heterocycles. The molecule has 1 saturated heterocycles. The van der Waals surface area contributed by atoms with Crippen LogP contribution in [0, 0.1) is 12.8 Å². The summed E-state index contributed by atoms with van der Waals surface area (Å²) < 4.78 is 27.5. The minimum absolute atomic E-state index is 0.0157. The van der Waals surface area contributed by atoms with Crippen molar-refractivity contribution in [2.45, 2.75) is 50.0 Å². The van der Waals surface area contributed by atoms with Gasteiger partial charge in [0.2, 0.25) is 5.91 Å². The van der Waals surface area contributed by atoms with Crippen LogP contribution in [-0.2, 0) is 19.6 Å². The Hall–Kier alpha value is -3.40. The van der Waals surface area contributed by atoms with Gasteiger partial charge in [-0.05, 0) is 62.1 Å². The first-order chi connectivity index (χ1) is 16.1. The number of sulfonamides is 1. The first-order valence-corrected chi connectivity index (χ1v) is 12.7. The van der Waals surface area contributed by atoms with Gasteiger partial charge in [0.1, 0.15) is 12.1 Å². The van der Waals surface area contributed by atoms with Gasteiger partial charge in [0.25, 0.3) is 15.9 Å². The molecule has 0 unspecified atom stereocenters. The molecule has 1 spiro atoms. The van der Waals surface area contributed by atoms with E-state index in [2.05, 4.69) is 15.4 Å². The highest BCUT2D eigenvalue weighted by atomic mass is 32.2.